The fraction of sp³-hybridized carbons (Fsp3) is 0.532. The van der Waals surface area contributed by atoms with E-state index >= 15 is 0 Å². The van der Waals surface area contributed by atoms with Gasteiger partial charge in [-0.2, -0.15) is 0 Å². The number of hydrogen-bond acceptors (Lipinski definition) is 6. The summed E-state index contributed by atoms with van der Waals surface area (Å²) in [7, 11) is 0. The maximum absolute atomic E-state index is 12.0. The van der Waals surface area contributed by atoms with E-state index in [0.29, 0.717) is 26.3 Å². The van der Waals surface area contributed by atoms with Gasteiger partial charge in [0.15, 0.2) is 0 Å². The van der Waals surface area contributed by atoms with E-state index < -0.39 is 0 Å². The van der Waals surface area contributed by atoms with E-state index in [1.54, 1.807) is 11.1 Å². The molecule has 57 heavy (non-hydrogen) atoms. The summed E-state index contributed by atoms with van der Waals surface area (Å²) in [5.41, 5.74) is 8.58. The predicted octanol–water partition coefficient (Wildman–Crippen LogP) is 11.2. The SMILES string of the molecule is CCCCCCNC(=O)NCCCOc1ccc(C2=CC3=C4CCCC4=C4C=C(c5ccc(OCCCNC(=O)NCCCCCC)cc5)SC4(C)C3(C)S2)cc1. The molecule has 0 saturated heterocycles. The summed E-state index contributed by atoms with van der Waals surface area (Å²) in [5, 5.41) is 11.7. The molecule has 4 N–H and O–H groups in total. The van der Waals surface area contributed by atoms with E-state index in [9.17, 15) is 9.59 Å². The van der Waals surface area contributed by atoms with Crippen LogP contribution in [-0.2, 0) is 0 Å². The van der Waals surface area contributed by atoms with Gasteiger partial charge in [0.2, 0.25) is 0 Å². The Morgan fingerprint density at radius 2 is 0.947 bits per heavy atom. The number of unbranched alkanes of at least 4 members (excludes halogenated alkanes) is 6. The van der Waals surface area contributed by atoms with Crippen molar-refractivity contribution in [3.8, 4) is 11.5 Å². The predicted molar refractivity (Wildman–Crippen MR) is 240 cm³/mol. The number of carbonyl (C=O) groups excluding carboxylic acids is 2. The average molecular weight is 813 g/mol. The normalized spacial score (nSPS) is 20.7. The van der Waals surface area contributed by atoms with Gasteiger partial charge in [0.1, 0.15) is 11.5 Å². The van der Waals surface area contributed by atoms with Gasteiger partial charge in [-0.3, -0.25) is 0 Å². The Kier molecular flexibility index (Phi) is 15.6. The molecule has 4 amide bonds. The van der Waals surface area contributed by atoms with Crippen molar-refractivity contribution in [2.75, 3.05) is 39.4 Å². The highest BCUT2D eigenvalue weighted by atomic mass is 32.2. The van der Waals surface area contributed by atoms with Crippen LogP contribution in [0.25, 0.3) is 9.81 Å². The van der Waals surface area contributed by atoms with E-state index in [-0.39, 0.29) is 21.6 Å². The topological polar surface area (TPSA) is 101 Å². The fourth-order valence-corrected chi connectivity index (χ4v) is 11.4. The van der Waals surface area contributed by atoms with Crippen molar-refractivity contribution >= 4 is 45.4 Å². The maximum atomic E-state index is 12.0. The highest BCUT2D eigenvalue weighted by Gasteiger charge is 2.59. The number of amides is 4. The molecule has 1 fully saturated rings. The molecule has 308 valence electrons. The average Bonchev–Trinajstić information content (AvgIpc) is 3.94. The lowest BCUT2D eigenvalue weighted by Gasteiger charge is -2.47. The van der Waals surface area contributed by atoms with Gasteiger partial charge in [0.25, 0.3) is 0 Å². The van der Waals surface area contributed by atoms with E-state index in [4.69, 9.17) is 9.47 Å². The molecule has 2 aliphatic heterocycles. The standard InChI is InChI=1S/C47H64N4O4S2/c1-5-7-9-11-26-48-44(52)50-28-14-30-54-36-22-18-34(19-23-36)42-32-40-38-16-13-17-39(38)41-33-43(57-47(41,4)46(40,3)56-42)35-20-24-37(25-21-35)55-31-15-29-51-45(53)49-27-12-10-8-6-2/h18-25,32-33H,5-17,26-31H2,1-4H3,(H2,48,50,52)(H2,49,51,53). The summed E-state index contributed by atoms with van der Waals surface area (Å²) in [6.07, 6.45) is 19.1. The van der Waals surface area contributed by atoms with Gasteiger partial charge in [0.05, 0.1) is 22.7 Å². The molecule has 2 aliphatic carbocycles. The zero-order chi connectivity index (χ0) is 40.1. The summed E-state index contributed by atoms with van der Waals surface area (Å²) in [6, 6.07) is 16.9. The molecular weight excluding hydrogens is 749 g/mol. The monoisotopic (exact) mass is 812 g/mol. The number of carbonyl (C=O) groups is 2. The van der Waals surface area contributed by atoms with Crippen LogP contribution in [0.1, 0.15) is 122 Å². The van der Waals surface area contributed by atoms with Crippen LogP contribution in [0.2, 0.25) is 0 Å². The second kappa shape index (κ2) is 20.8. The third-order valence-electron chi connectivity index (χ3n) is 11.6. The molecule has 8 nitrogen and oxygen atoms in total. The lowest BCUT2D eigenvalue weighted by molar-refractivity contribution is 0.238. The van der Waals surface area contributed by atoms with Gasteiger partial charge in [0, 0.05) is 36.0 Å². The van der Waals surface area contributed by atoms with Gasteiger partial charge in [-0.15, -0.1) is 23.5 Å². The van der Waals surface area contributed by atoms with E-state index in [0.717, 1.165) is 76.0 Å². The molecule has 0 bridgehead atoms. The Balaban J connectivity index is 0.991. The van der Waals surface area contributed by atoms with Gasteiger partial charge >= 0.3 is 12.1 Å². The summed E-state index contributed by atoms with van der Waals surface area (Å²) in [5.74, 6) is 1.70. The van der Waals surface area contributed by atoms with Crippen LogP contribution in [0.5, 0.6) is 11.5 Å². The van der Waals surface area contributed by atoms with Crippen LogP contribution < -0.4 is 30.7 Å². The van der Waals surface area contributed by atoms with Crippen molar-refractivity contribution in [3.05, 3.63) is 94.1 Å². The summed E-state index contributed by atoms with van der Waals surface area (Å²) in [4.78, 5) is 26.7. The molecule has 2 aromatic rings. The first kappa shape index (κ1) is 42.8. The zero-order valence-electron chi connectivity index (χ0n) is 34.7. The Labute approximate surface area is 349 Å². The lowest BCUT2D eigenvalue weighted by atomic mass is 9.72. The number of fused-ring (bicyclic) bond motifs is 4. The number of benzene rings is 2. The Morgan fingerprint density at radius 1 is 0.561 bits per heavy atom. The quantitative estimate of drug-likeness (QED) is 0.0884. The van der Waals surface area contributed by atoms with Gasteiger partial charge in [-0.25, -0.2) is 9.59 Å². The molecule has 2 atom stereocenters. The Morgan fingerprint density at radius 3 is 1.33 bits per heavy atom. The molecule has 2 unspecified atom stereocenters. The van der Waals surface area contributed by atoms with Crippen LogP contribution in [0.3, 0.4) is 0 Å². The molecule has 4 aliphatic rings. The van der Waals surface area contributed by atoms with Crippen molar-refractivity contribution in [1.82, 2.24) is 21.3 Å². The molecule has 2 aromatic carbocycles. The maximum Gasteiger partial charge on any atom is 0.314 e. The third kappa shape index (κ3) is 10.7. The summed E-state index contributed by atoms with van der Waals surface area (Å²) < 4.78 is 11.9. The molecule has 1 saturated carbocycles. The van der Waals surface area contributed by atoms with Crippen LogP contribution in [-0.4, -0.2) is 60.9 Å². The Bertz CT molecular complexity index is 1690. The highest BCUT2D eigenvalue weighted by Crippen LogP contribution is 2.70. The molecule has 0 aromatic heterocycles. The van der Waals surface area contributed by atoms with E-state index in [1.165, 1.54) is 64.2 Å². The molecule has 2 heterocycles. The molecule has 6 rings (SSSR count). The number of thioether (sulfide) groups is 2. The number of nitrogens with one attached hydrogen (secondary N) is 4. The second-order valence-corrected chi connectivity index (χ2v) is 18.8. The van der Waals surface area contributed by atoms with E-state index in [1.807, 2.05) is 23.5 Å². The van der Waals surface area contributed by atoms with Crippen molar-refractivity contribution in [2.24, 2.45) is 0 Å². The number of hydrogen-bond donors (Lipinski definition) is 4. The van der Waals surface area contributed by atoms with Crippen molar-refractivity contribution in [2.45, 2.75) is 121 Å². The number of allylic oxidation sites excluding steroid dienone is 4. The zero-order valence-corrected chi connectivity index (χ0v) is 36.3. The fourth-order valence-electron chi connectivity index (χ4n) is 8.22. The first-order valence-electron chi connectivity index (χ1n) is 21.5. The van der Waals surface area contributed by atoms with Crippen LogP contribution in [0.4, 0.5) is 9.59 Å². The van der Waals surface area contributed by atoms with Crippen LogP contribution >= 0.6 is 23.5 Å². The molecule has 0 radical (unpaired) electrons. The van der Waals surface area contributed by atoms with Crippen molar-refractivity contribution in [1.29, 1.82) is 0 Å². The molecule has 10 heteroatoms. The molecule has 0 spiro atoms. The highest BCUT2D eigenvalue weighted by molar-refractivity contribution is 8.14. The van der Waals surface area contributed by atoms with Gasteiger partial charge < -0.3 is 30.7 Å². The summed E-state index contributed by atoms with van der Waals surface area (Å²) in [6.45, 7) is 13.0. The van der Waals surface area contributed by atoms with E-state index in [2.05, 4.69) is 110 Å². The number of rotatable bonds is 22. The Hall–Kier alpha value is -3.76. The van der Waals surface area contributed by atoms with Gasteiger partial charge in [-0.05, 0) is 129 Å². The van der Waals surface area contributed by atoms with Crippen LogP contribution in [0.15, 0.2) is 83.0 Å². The number of ether oxygens (including phenoxy) is 2. The lowest BCUT2D eigenvalue weighted by Crippen LogP contribution is -2.47. The third-order valence-corrected chi connectivity index (χ3v) is 15.0. The number of urea groups is 2. The van der Waals surface area contributed by atoms with Crippen molar-refractivity contribution < 1.29 is 19.1 Å². The van der Waals surface area contributed by atoms with Gasteiger partial charge in [-0.1, -0.05) is 76.6 Å². The first-order valence-corrected chi connectivity index (χ1v) is 23.2. The minimum Gasteiger partial charge on any atom is -0.494 e. The van der Waals surface area contributed by atoms with Crippen LogP contribution in [0, 0.1) is 0 Å². The smallest absolute Gasteiger partial charge is 0.314 e. The minimum atomic E-state index is -0.100. The summed E-state index contributed by atoms with van der Waals surface area (Å²) >= 11 is 4.03. The molecular formula is C47H64N4O4S2. The van der Waals surface area contributed by atoms with Crippen molar-refractivity contribution in [3.63, 3.8) is 0 Å². The largest absolute Gasteiger partial charge is 0.494 e. The minimum absolute atomic E-state index is 0.0972. The second-order valence-electron chi connectivity index (χ2n) is 15.9. The first-order chi connectivity index (χ1) is 27.8.